The number of nitrogens with one attached hydrogen (secondary N) is 2. The van der Waals surface area contributed by atoms with E-state index in [2.05, 4.69) is 34.9 Å². The van der Waals surface area contributed by atoms with Gasteiger partial charge in [-0.1, -0.05) is 73.5 Å². The molecule has 0 unspecified atom stereocenters. The Kier molecular flexibility index (Phi) is 6.32. The van der Waals surface area contributed by atoms with Gasteiger partial charge in [-0.3, -0.25) is 4.79 Å². The number of carboxylic acid groups (broad SMARTS) is 1. The van der Waals surface area contributed by atoms with Crippen LogP contribution >= 0.6 is 0 Å². The van der Waals surface area contributed by atoms with Crippen LogP contribution in [0.15, 0.2) is 60.7 Å². The fourth-order valence-corrected chi connectivity index (χ4v) is 5.71. The first-order valence-corrected chi connectivity index (χ1v) is 12.3. The van der Waals surface area contributed by atoms with Gasteiger partial charge in [0.15, 0.2) is 0 Å². The Morgan fingerprint density at radius 3 is 2.23 bits per heavy atom. The number of allylic oxidation sites excluding steroid dienone is 1. The average molecular weight is 475 g/mol. The molecule has 0 bridgehead atoms. The number of carbonyl (C=O) groups excluding carboxylic acids is 2. The van der Waals surface area contributed by atoms with Gasteiger partial charge in [-0.15, -0.1) is 0 Å². The van der Waals surface area contributed by atoms with Crippen LogP contribution in [0.3, 0.4) is 0 Å². The molecule has 35 heavy (non-hydrogen) atoms. The van der Waals surface area contributed by atoms with Crippen LogP contribution in [0.1, 0.15) is 55.6 Å². The maximum absolute atomic E-state index is 12.9. The van der Waals surface area contributed by atoms with Gasteiger partial charge < -0.3 is 20.5 Å². The summed E-state index contributed by atoms with van der Waals surface area (Å²) in [5, 5.41) is 15.3. The van der Waals surface area contributed by atoms with Crippen molar-refractivity contribution in [1.82, 2.24) is 10.6 Å². The number of ether oxygens (including phenoxy) is 1. The van der Waals surface area contributed by atoms with Crippen LogP contribution in [0.5, 0.6) is 0 Å². The molecule has 2 atom stereocenters. The van der Waals surface area contributed by atoms with E-state index in [9.17, 15) is 19.5 Å². The van der Waals surface area contributed by atoms with E-state index < -0.39 is 23.5 Å². The summed E-state index contributed by atoms with van der Waals surface area (Å²) in [5.41, 5.74) is 3.48. The lowest BCUT2D eigenvalue weighted by Gasteiger charge is -2.30. The van der Waals surface area contributed by atoms with Crippen molar-refractivity contribution in [3.63, 3.8) is 0 Å². The van der Waals surface area contributed by atoms with Crippen molar-refractivity contribution in [3.05, 3.63) is 71.8 Å². The number of amides is 2. The van der Waals surface area contributed by atoms with Gasteiger partial charge in [-0.2, -0.15) is 0 Å². The fourth-order valence-electron chi connectivity index (χ4n) is 5.71. The molecule has 0 saturated heterocycles. The zero-order valence-electron chi connectivity index (χ0n) is 19.5. The molecule has 2 amide bonds. The van der Waals surface area contributed by atoms with Crippen LogP contribution < -0.4 is 10.6 Å². The highest BCUT2D eigenvalue weighted by Gasteiger charge is 2.43. The van der Waals surface area contributed by atoms with Crippen LogP contribution in [-0.2, 0) is 14.3 Å². The highest BCUT2D eigenvalue weighted by atomic mass is 16.5. The Morgan fingerprint density at radius 2 is 1.60 bits per heavy atom. The van der Waals surface area contributed by atoms with E-state index >= 15 is 0 Å². The van der Waals surface area contributed by atoms with Crippen LogP contribution in [0, 0.1) is 5.92 Å². The maximum Gasteiger partial charge on any atom is 0.407 e. The number of aliphatic carboxylic acids is 1. The molecule has 3 N–H and O–H groups in total. The first kappa shape index (κ1) is 23.1. The molecule has 0 spiro atoms. The third kappa shape index (κ3) is 4.55. The van der Waals surface area contributed by atoms with E-state index in [1.165, 1.54) is 11.1 Å². The molecule has 0 aliphatic heterocycles. The summed E-state index contributed by atoms with van der Waals surface area (Å²) in [4.78, 5) is 37.3. The molecule has 7 nitrogen and oxygen atoms in total. The Bertz CT molecular complexity index is 1120. The van der Waals surface area contributed by atoms with Crippen LogP contribution in [0.2, 0.25) is 0 Å². The van der Waals surface area contributed by atoms with E-state index in [1.807, 2.05) is 36.4 Å². The standard InChI is InChI=1S/C28H30N2O5/c31-25(30-28(26(32)33)14-5-6-15-28)18-8-7-9-19(16-18)29-27(34)35-17-24-22-12-3-1-10-20(22)21-11-2-4-13-23(21)24/h1-4,7,9-13,18-19,24H,5-6,8,14-17H2,(H,29,34)(H,30,31)(H,32,33)/t18-,19-/m1/s1. The van der Waals surface area contributed by atoms with Gasteiger partial charge in [-0.05, 0) is 47.9 Å². The second-order valence-corrected chi connectivity index (χ2v) is 9.76. The molecule has 5 rings (SSSR count). The molecule has 0 aromatic heterocycles. The first-order valence-electron chi connectivity index (χ1n) is 12.3. The molecule has 2 aromatic carbocycles. The normalized spacial score (nSPS) is 22.2. The number of fused-ring (bicyclic) bond motifs is 3. The zero-order chi connectivity index (χ0) is 24.4. The van der Waals surface area contributed by atoms with Gasteiger partial charge in [0.2, 0.25) is 5.91 Å². The molecule has 7 heteroatoms. The van der Waals surface area contributed by atoms with Gasteiger partial charge in [0.25, 0.3) is 0 Å². The number of hydrogen-bond acceptors (Lipinski definition) is 4. The van der Waals surface area contributed by atoms with Crippen LogP contribution in [0.4, 0.5) is 4.79 Å². The number of alkyl carbamates (subject to hydrolysis) is 1. The van der Waals surface area contributed by atoms with Crippen molar-refractivity contribution in [2.75, 3.05) is 6.61 Å². The lowest BCUT2D eigenvalue weighted by Crippen LogP contribution is -2.54. The molecule has 2 aromatic rings. The molecule has 0 radical (unpaired) electrons. The van der Waals surface area contributed by atoms with Crippen molar-refractivity contribution >= 4 is 18.0 Å². The second kappa shape index (κ2) is 9.56. The van der Waals surface area contributed by atoms with Gasteiger partial charge in [0, 0.05) is 11.8 Å². The average Bonchev–Trinajstić information content (AvgIpc) is 3.47. The molecule has 3 aliphatic carbocycles. The molecule has 182 valence electrons. The maximum atomic E-state index is 12.9. The number of hydrogen-bond donors (Lipinski definition) is 3. The van der Waals surface area contributed by atoms with E-state index in [1.54, 1.807) is 0 Å². The number of carboxylic acids is 1. The van der Waals surface area contributed by atoms with Gasteiger partial charge in [0.1, 0.15) is 12.1 Å². The lowest BCUT2D eigenvalue weighted by atomic mass is 9.88. The molecule has 1 fully saturated rings. The second-order valence-electron chi connectivity index (χ2n) is 9.76. The third-order valence-electron chi connectivity index (χ3n) is 7.57. The largest absolute Gasteiger partial charge is 0.480 e. The minimum absolute atomic E-state index is 0.0211. The van der Waals surface area contributed by atoms with Gasteiger partial charge >= 0.3 is 12.1 Å². The fraction of sp³-hybridized carbons (Fsp3) is 0.393. The van der Waals surface area contributed by atoms with Crippen LogP contribution in [0.25, 0.3) is 11.1 Å². The number of benzene rings is 2. The molecule has 0 heterocycles. The van der Waals surface area contributed by atoms with Crippen molar-refractivity contribution in [3.8, 4) is 11.1 Å². The molecular formula is C28H30N2O5. The van der Waals surface area contributed by atoms with Crippen molar-refractivity contribution in [1.29, 1.82) is 0 Å². The minimum atomic E-state index is -1.16. The van der Waals surface area contributed by atoms with E-state index in [0.29, 0.717) is 25.7 Å². The summed E-state index contributed by atoms with van der Waals surface area (Å²) in [6.07, 6.45) is 6.63. The quantitative estimate of drug-likeness (QED) is 0.539. The Balaban J connectivity index is 1.17. The summed E-state index contributed by atoms with van der Waals surface area (Å²) >= 11 is 0. The van der Waals surface area contributed by atoms with Crippen molar-refractivity contribution in [2.24, 2.45) is 5.92 Å². The van der Waals surface area contributed by atoms with Gasteiger partial charge in [-0.25, -0.2) is 9.59 Å². The predicted molar refractivity (Wildman–Crippen MR) is 131 cm³/mol. The smallest absolute Gasteiger partial charge is 0.407 e. The van der Waals surface area contributed by atoms with Gasteiger partial charge in [0.05, 0.1) is 6.04 Å². The lowest BCUT2D eigenvalue weighted by molar-refractivity contribution is -0.148. The predicted octanol–water partition coefficient (Wildman–Crippen LogP) is 4.37. The summed E-state index contributed by atoms with van der Waals surface area (Å²) < 4.78 is 5.63. The first-order chi connectivity index (χ1) is 17.0. The number of carbonyl (C=O) groups is 3. The Morgan fingerprint density at radius 1 is 0.971 bits per heavy atom. The van der Waals surface area contributed by atoms with E-state index in [0.717, 1.165) is 24.0 Å². The number of rotatable bonds is 6. The van der Waals surface area contributed by atoms with Crippen molar-refractivity contribution in [2.45, 2.75) is 56.0 Å². The molecule has 1 saturated carbocycles. The topological polar surface area (TPSA) is 105 Å². The van der Waals surface area contributed by atoms with Crippen molar-refractivity contribution < 1.29 is 24.2 Å². The molecular weight excluding hydrogens is 444 g/mol. The highest BCUT2D eigenvalue weighted by molar-refractivity contribution is 5.88. The Labute approximate surface area is 204 Å². The Hall–Kier alpha value is -3.61. The molecule has 3 aliphatic rings. The zero-order valence-corrected chi connectivity index (χ0v) is 19.5. The van der Waals surface area contributed by atoms with E-state index in [4.69, 9.17) is 4.74 Å². The summed E-state index contributed by atoms with van der Waals surface area (Å²) in [6.45, 7) is 0.224. The summed E-state index contributed by atoms with van der Waals surface area (Å²) in [7, 11) is 0. The van der Waals surface area contributed by atoms with E-state index in [-0.39, 0.29) is 24.5 Å². The SMILES string of the molecule is O=C(N[C@@H]1C=CC[C@@H](C(=O)NC2(C(=O)O)CCCC2)C1)OCC1c2ccccc2-c2ccccc21. The van der Waals surface area contributed by atoms with Crippen LogP contribution in [-0.4, -0.2) is 41.3 Å². The monoisotopic (exact) mass is 474 g/mol. The summed E-state index contributed by atoms with van der Waals surface area (Å²) in [6, 6.07) is 16.0. The third-order valence-corrected chi connectivity index (χ3v) is 7.57. The minimum Gasteiger partial charge on any atom is -0.480 e. The highest BCUT2D eigenvalue weighted by Crippen LogP contribution is 2.44. The summed E-state index contributed by atoms with van der Waals surface area (Å²) in [5.74, 6) is -1.65.